The molecule has 0 saturated carbocycles. The quantitative estimate of drug-likeness (QED) is 0.711. The molecule has 6 nitrogen and oxygen atoms in total. The van der Waals surface area contributed by atoms with Gasteiger partial charge >= 0.3 is 0 Å². The summed E-state index contributed by atoms with van der Waals surface area (Å²) in [4.78, 5) is 15.2. The van der Waals surface area contributed by atoms with Crippen molar-refractivity contribution in [2.75, 3.05) is 37.6 Å². The highest BCUT2D eigenvalue weighted by atomic mass is 32.1. The van der Waals surface area contributed by atoms with Gasteiger partial charge in [-0.1, -0.05) is 13.0 Å². The lowest BCUT2D eigenvalue weighted by atomic mass is 10.2. The fourth-order valence-corrected chi connectivity index (χ4v) is 3.87. The third kappa shape index (κ3) is 3.14. The zero-order chi connectivity index (χ0) is 16.4. The zero-order valence-electron chi connectivity index (χ0n) is 13.9. The second-order valence-corrected chi connectivity index (χ2v) is 7.12. The van der Waals surface area contributed by atoms with Gasteiger partial charge in [-0.15, -0.1) is 11.3 Å². The lowest BCUT2D eigenvalue weighted by Gasteiger charge is -2.35. The van der Waals surface area contributed by atoms with Crippen molar-refractivity contribution in [1.29, 1.82) is 0 Å². The molecule has 0 unspecified atom stereocenters. The molecule has 0 spiro atoms. The van der Waals surface area contributed by atoms with E-state index in [1.54, 1.807) is 6.33 Å². The molecular weight excluding hydrogens is 320 g/mol. The Hall–Kier alpha value is -1.99. The summed E-state index contributed by atoms with van der Waals surface area (Å²) in [5.41, 5.74) is 1.07. The summed E-state index contributed by atoms with van der Waals surface area (Å²) in [6, 6.07) is 6.52. The lowest BCUT2D eigenvalue weighted by molar-refractivity contribution is 0.260. The maximum Gasteiger partial charge on any atom is 0.254 e. The summed E-state index contributed by atoms with van der Waals surface area (Å²) in [6.07, 6.45) is 3.65. The Morgan fingerprint density at radius 3 is 2.83 bits per heavy atom. The van der Waals surface area contributed by atoms with Gasteiger partial charge in [-0.2, -0.15) is 14.6 Å². The van der Waals surface area contributed by atoms with Crippen LogP contribution in [0, 0.1) is 0 Å². The van der Waals surface area contributed by atoms with Gasteiger partial charge in [0.1, 0.15) is 12.1 Å². The highest BCUT2D eigenvalue weighted by Gasteiger charge is 2.20. The summed E-state index contributed by atoms with van der Waals surface area (Å²) < 4.78 is 1.86. The van der Waals surface area contributed by atoms with E-state index >= 15 is 0 Å². The van der Waals surface area contributed by atoms with Crippen LogP contribution in [0.15, 0.2) is 29.9 Å². The van der Waals surface area contributed by atoms with Crippen LogP contribution in [-0.2, 0) is 12.8 Å². The van der Waals surface area contributed by atoms with E-state index in [-0.39, 0.29) is 0 Å². The fraction of sp³-hybridized carbons (Fsp3) is 0.471. The molecule has 1 aliphatic heterocycles. The number of aryl methyl sites for hydroxylation is 1. The van der Waals surface area contributed by atoms with E-state index in [4.69, 9.17) is 0 Å². The van der Waals surface area contributed by atoms with Crippen molar-refractivity contribution in [2.24, 2.45) is 0 Å². The van der Waals surface area contributed by atoms with Crippen molar-refractivity contribution in [3.63, 3.8) is 0 Å². The molecule has 1 saturated heterocycles. The van der Waals surface area contributed by atoms with Crippen molar-refractivity contribution in [3.8, 4) is 0 Å². The summed E-state index contributed by atoms with van der Waals surface area (Å²) in [5, 5.41) is 6.51. The molecule has 3 aromatic rings. The van der Waals surface area contributed by atoms with Gasteiger partial charge in [0.25, 0.3) is 5.78 Å². The molecular formula is C17H22N6S. The van der Waals surface area contributed by atoms with Crippen LogP contribution < -0.4 is 4.90 Å². The first-order valence-electron chi connectivity index (χ1n) is 8.53. The molecule has 0 amide bonds. The molecule has 0 N–H and O–H groups in total. The van der Waals surface area contributed by atoms with Gasteiger partial charge in [0.15, 0.2) is 0 Å². The predicted octanol–water partition coefficient (Wildman–Crippen LogP) is 2.11. The predicted molar refractivity (Wildman–Crippen MR) is 96.8 cm³/mol. The van der Waals surface area contributed by atoms with Gasteiger partial charge in [-0.3, -0.25) is 4.90 Å². The SMILES string of the molecule is CCc1cc(N2CCN(CCc3cccs3)CC2)n2ncnc2n1. The Kier molecular flexibility index (Phi) is 4.44. The molecule has 0 bridgehead atoms. The van der Waals surface area contributed by atoms with E-state index < -0.39 is 0 Å². The summed E-state index contributed by atoms with van der Waals surface area (Å²) in [7, 11) is 0. The van der Waals surface area contributed by atoms with Crippen molar-refractivity contribution in [2.45, 2.75) is 19.8 Å². The molecule has 24 heavy (non-hydrogen) atoms. The van der Waals surface area contributed by atoms with Crippen molar-refractivity contribution >= 4 is 22.9 Å². The number of thiophene rings is 1. The monoisotopic (exact) mass is 342 g/mol. The number of anilines is 1. The molecule has 0 atom stereocenters. The number of hydrogen-bond donors (Lipinski definition) is 0. The molecule has 1 fully saturated rings. The van der Waals surface area contributed by atoms with Gasteiger partial charge in [0, 0.05) is 49.4 Å². The number of aromatic nitrogens is 4. The van der Waals surface area contributed by atoms with E-state index in [1.807, 2.05) is 15.9 Å². The molecule has 0 radical (unpaired) electrons. The average molecular weight is 342 g/mol. The Morgan fingerprint density at radius 1 is 1.21 bits per heavy atom. The van der Waals surface area contributed by atoms with Crippen LogP contribution in [0.3, 0.4) is 0 Å². The van der Waals surface area contributed by atoms with Gasteiger partial charge in [0.2, 0.25) is 0 Å². The molecule has 126 valence electrons. The maximum atomic E-state index is 4.54. The minimum Gasteiger partial charge on any atom is -0.354 e. The Labute approximate surface area is 145 Å². The molecule has 7 heteroatoms. The van der Waals surface area contributed by atoms with E-state index in [1.165, 1.54) is 4.88 Å². The minimum absolute atomic E-state index is 0.699. The van der Waals surface area contributed by atoms with E-state index in [0.717, 1.165) is 57.1 Å². The number of piperazine rings is 1. The first-order valence-corrected chi connectivity index (χ1v) is 9.41. The molecule has 3 aromatic heterocycles. The Balaban J connectivity index is 1.43. The van der Waals surface area contributed by atoms with Crippen LogP contribution in [0.2, 0.25) is 0 Å². The van der Waals surface area contributed by atoms with Crippen molar-refractivity contribution < 1.29 is 0 Å². The average Bonchev–Trinajstić information content (AvgIpc) is 3.31. The normalized spacial score (nSPS) is 16.1. The van der Waals surface area contributed by atoms with Crippen LogP contribution >= 0.6 is 11.3 Å². The zero-order valence-corrected chi connectivity index (χ0v) is 14.7. The Morgan fingerprint density at radius 2 is 2.08 bits per heavy atom. The minimum atomic E-state index is 0.699. The fourth-order valence-electron chi connectivity index (χ4n) is 3.17. The summed E-state index contributed by atoms with van der Waals surface area (Å²) in [6.45, 7) is 7.49. The molecule has 4 rings (SSSR count). The molecule has 4 heterocycles. The number of nitrogens with zero attached hydrogens (tertiary/aromatic N) is 6. The van der Waals surface area contributed by atoms with Crippen molar-refractivity contribution in [3.05, 3.63) is 40.5 Å². The maximum absolute atomic E-state index is 4.54. The third-order valence-electron chi connectivity index (χ3n) is 4.60. The molecule has 0 aliphatic carbocycles. The van der Waals surface area contributed by atoms with Gasteiger partial charge in [0.05, 0.1) is 0 Å². The van der Waals surface area contributed by atoms with Gasteiger partial charge in [-0.05, 0) is 24.3 Å². The topological polar surface area (TPSA) is 49.6 Å². The van der Waals surface area contributed by atoms with Crippen LogP contribution in [0.4, 0.5) is 5.82 Å². The van der Waals surface area contributed by atoms with Crippen LogP contribution in [-0.4, -0.2) is 57.2 Å². The number of hydrogen-bond acceptors (Lipinski definition) is 6. The van der Waals surface area contributed by atoms with E-state index in [0.29, 0.717) is 5.78 Å². The van der Waals surface area contributed by atoms with Gasteiger partial charge < -0.3 is 4.90 Å². The van der Waals surface area contributed by atoms with Crippen LogP contribution in [0.25, 0.3) is 5.78 Å². The summed E-state index contributed by atoms with van der Waals surface area (Å²) in [5.74, 6) is 1.82. The number of fused-ring (bicyclic) bond motifs is 1. The summed E-state index contributed by atoms with van der Waals surface area (Å²) >= 11 is 1.85. The highest BCUT2D eigenvalue weighted by molar-refractivity contribution is 7.09. The second kappa shape index (κ2) is 6.86. The van der Waals surface area contributed by atoms with E-state index in [9.17, 15) is 0 Å². The van der Waals surface area contributed by atoms with E-state index in [2.05, 4.69) is 55.4 Å². The first-order chi connectivity index (χ1) is 11.8. The van der Waals surface area contributed by atoms with Crippen molar-refractivity contribution in [1.82, 2.24) is 24.5 Å². The Bertz CT molecular complexity index is 789. The van der Waals surface area contributed by atoms with Crippen LogP contribution in [0.1, 0.15) is 17.5 Å². The second-order valence-electron chi connectivity index (χ2n) is 6.09. The highest BCUT2D eigenvalue weighted by Crippen LogP contribution is 2.19. The first kappa shape index (κ1) is 15.5. The smallest absolute Gasteiger partial charge is 0.254 e. The lowest BCUT2D eigenvalue weighted by Crippen LogP contribution is -2.47. The molecule has 0 aromatic carbocycles. The number of rotatable bonds is 5. The standard InChI is InChI=1S/C17H22N6S/c1-2-14-12-16(23-17(20-14)18-13-19-23)22-9-7-21(8-10-22)6-5-15-4-3-11-24-15/h3-4,11-13H,2,5-10H2,1H3. The molecule has 1 aliphatic rings. The van der Waals surface area contributed by atoms with Gasteiger partial charge in [-0.25, -0.2) is 4.98 Å². The third-order valence-corrected chi connectivity index (χ3v) is 5.54. The largest absolute Gasteiger partial charge is 0.354 e. The van der Waals surface area contributed by atoms with Crippen LogP contribution in [0.5, 0.6) is 0 Å².